The van der Waals surface area contributed by atoms with E-state index >= 15 is 0 Å². The van der Waals surface area contributed by atoms with E-state index in [1.807, 2.05) is 0 Å². The van der Waals surface area contributed by atoms with E-state index in [1.165, 1.54) is 24.7 Å². The second-order valence-corrected chi connectivity index (χ2v) is 10.1. The van der Waals surface area contributed by atoms with Crippen molar-refractivity contribution in [3.63, 3.8) is 0 Å². The Kier molecular flexibility index (Phi) is 6.42. The first-order chi connectivity index (χ1) is 14.4. The SMILES string of the molecule is CC[C@](C)(O)P(=O)(O)OC(C)(CF)[C@@H]1CO[C@H]([C@H](O)CO)n2c1nc1c(N)ncnc12. The number of anilines is 1. The summed E-state index contributed by atoms with van der Waals surface area (Å²) in [7, 11) is -4.72. The fourth-order valence-electron chi connectivity index (χ4n) is 3.37. The molecule has 0 saturated heterocycles. The van der Waals surface area contributed by atoms with Crippen molar-refractivity contribution >= 4 is 24.6 Å². The lowest BCUT2D eigenvalue weighted by atomic mass is 9.89. The molecule has 0 bridgehead atoms. The Morgan fingerprint density at radius 1 is 1.48 bits per heavy atom. The number of alkyl halides is 1. The number of halogens is 1. The van der Waals surface area contributed by atoms with Crippen LogP contribution in [0.2, 0.25) is 0 Å². The van der Waals surface area contributed by atoms with Gasteiger partial charge in [-0.3, -0.25) is 13.7 Å². The van der Waals surface area contributed by atoms with Crippen LogP contribution in [0.5, 0.6) is 0 Å². The van der Waals surface area contributed by atoms with Gasteiger partial charge in [-0.05, 0) is 20.3 Å². The minimum absolute atomic E-state index is 0.0208. The molecule has 6 atom stereocenters. The van der Waals surface area contributed by atoms with E-state index in [0.717, 1.165) is 6.92 Å². The molecule has 3 rings (SSSR count). The first-order valence-corrected chi connectivity index (χ1v) is 11.2. The van der Waals surface area contributed by atoms with Crippen molar-refractivity contribution < 1.29 is 38.4 Å². The number of nitrogens with zero attached hydrogens (tertiary/aromatic N) is 4. The maximum Gasteiger partial charge on any atom is 0.359 e. The summed E-state index contributed by atoms with van der Waals surface area (Å²) >= 11 is 0. The minimum atomic E-state index is -4.72. The van der Waals surface area contributed by atoms with Crippen LogP contribution in [0.15, 0.2) is 6.33 Å². The lowest BCUT2D eigenvalue weighted by Gasteiger charge is -2.42. The average Bonchev–Trinajstić information content (AvgIpc) is 3.13. The van der Waals surface area contributed by atoms with Crippen LogP contribution in [0, 0.1) is 0 Å². The monoisotopic (exact) mass is 463 g/mol. The fourth-order valence-corrected chi connectivity index (χ4v) is 4.71. The zero-order chi connectivity index (χ0) is 23.2. The van der Waals surface area contributed by atoms with E-state index in [0.29, 0.717) is 0 Å². The van der Waals surface area contributed by atoms with Crippen molar-refractivity contribution in [1.82, 2.24) is 19.5 Å². The molecule has 3 heterocycles. The molecule has 174 valence electrons. The van der Waals surface area contributed by atoms with Gasteiger partial charge in [-0.1, -0.05) is 6.92 Å². The zero-order valence-corrected chi connectivity index (χ0v) is 18.2. The number of aliphatic hydroxyl groups is 3. The highest BCUT2D eigenvalue weighted by Crippen LogP contribution is 2.60. The quantitative estimate of drug-likeness (QED) is 0.342. The van der Waals surface area contributed by atoms with Crippen molar-refractivity contribution in [2.75, 3.05) is 25.6 Å². The van der Waals surface area contributed by atoms with Crippen LogP contribution < -0.4 is 5.73 Å². The number of hydrogen-bond donors (Lipinski definition) is 5. The van der Waals surface area contributed by atoms with Gasteiger partial charge in [0, 0.05) is 0 Å². The van der Waals surface area contributed by atoms with Crippen molar-refractivity contribution in [3.8, 4) is 0 Å². The van der Waals surface area contributed by atoms with Gasteiger partial charge in [0.1, 0.15) is 30.5 Å². The van der Waals surface area contributed by atoms with Crippen LogP contribution >= 0.6 is 7.60 Å². The summed E-state index contributed by atoms with van der Waals surface area (Å²) in [4.78, 5) is 22.7. The summed E-state index contributed by atoms with van der Waals surface area (Å²) in [6, 6.07) is 0. The molecule has 6 N–H and O–H groups in total. The molecular formula is C17H27FN5O7P. The number of aromatic nitrogens is 4. The third kappa shape index (κ3) is 3.95. The average molecular weight is 463 g/mol. The molecule has 1 aliphatic heterocycles. The third-order valence-electron chi connectivity index (χ3n) is 5.66. The maximum atomic E-state index is 14.3. The van der Waals surface area contributed by atoms with Crippen molar-refractivity contribution in [1.29, 1.82) is 0 Å². The second-order valence-electron chi connectivity index (χ2n) is 7.93. The van der Waals surface area contributed by atoms with Gasteiger partial charge in [0.25, 0.3) is 0 Å². The van der Waals surface area contributed by atoms with Crippen molar-refractivity contribution in [3.05, 3.63) is 12.2 Å². The molecule has 12 nitrogen and oxygen atoms in total. The van der Waals surface area contributed by atoms with Crippen molar-refractivity contribution in [2.24, 2.45) is 0 Å². The Bertz CT molecular complexity index is 1000. The van der Waals surface area contributed by atoms with Gasteiger partial charge in [-0.25, -0.2) is 19.3 Å². The topological polar surface area (TPSA) is 186 Å². The molecule has 0 aromatic carbocycles. The summed E-state index contributed by atoms with van der Waals surface area (Å²) in [5.74, 6) is -0.920. The molecule has 2 unspecified atom stereocenters. The number of aliphatic hydroxyl groups excluding tert-OH is 2. The molecule has 2 aromatic heterocycles. The van der Waals surface area contributed by atoms with Gasteiger partial charge in [0.2, 0.25) is 0 Å². The summed E-state index contributed by atoms with van der Waals surface area (Å²) in [6.45, 7) is 1.75. The highest BCUT2D eigenvalue weighted by Gasteiger charge is 2.52. The van der Waals surface area contributed by atoms with E-state index in [4.69, 9.17) is 15.0 Å². The molecule has 2 aromatic rings. The number of fused-ring (bicyclic) bond motifs is 3. The van der Waals surface area contributed by atoms with E-state index < -0.39 is 50.1 Å². The number of nitrogen functional groups attached to an aromatic ring is 1. The Balaban J connectivity index is 2.15. The van der Waals surface area contributed by atoms with E-state index in [-0.39, 0.29) is 35.8 Å². The predicted octanol–water partition coefficient (Wildman–Crippen LogP) is 0.423. The molecule has 0 aliphatic carbocycles. The van der Waals surface area contributed by atoms with E-state index in [2.05, 4.69) is 15.0 Å². The van der Waals surface area contributed by atoms with Gasteiger partial charge >= 0.3 is 7.60 Å². The Labute approximate surface area is 177 Å². The molecule has 0 saturated carbocycles. The standard InChI is InChI=1S/C17H27FN5O7P/c1-4-17(3,26)31(27,28)30-16(2,7-18)9-6-29-15(10(25)5-24)23-13(9)22-11-12(19)20-8-21-14(11)23/h8-10,15,24-26H,4-7H2,1-3H3,(H,27,28)(H2,19,20,21)/t9-,10-,15-,16?,17-/m1/s1. The van der Waals surface area contributed by atoms with Gasteiger partial charge in [0.05, 0.1) is 19.1 Å². The smallest absolute Gasteiger partial charge is 0.359 e. The maximum absolute atomic E-state index is 14.3. The number of ether oxygens (including phenoxy) is 1. The summed E-state index contributed by atoms with van der Waals surface area (Å²) in [5, 5.41) is 27.8. The molecule has 0 radical (unpaired) electrons. The second kappa shape index (κ2) is 8.32. The number of rotatable bonds is 8. The molecule has 0 amide bonds. The first kappa shape index (κ1) is 23.9. The lowest BCUT2D eigenvalue weighted by Crippen LogP contribution is -2.47. The van der Waals surface area contributed by atoms with Crippen LogP contribution in [-0.2, 0) is 13.8 Å². The number of imidazole rings is 1. The Morgan fingerprint density at radius 3 is 2.74 bits per heavy atom. The van der Waals surface area contributed by atoms with Gasteiger partial charge < -0.3 is 30.7 Å². The normalized spacial score (nSPS) is 25.9. The summed E-state index contributed by atoms with van der Waals surface area (Å²) < 4.78 is 39.5. The number of nitrogens with two attached hydrogens (primary N) is 1. The van der Waals surface area contributed by atoms with E-state index in [9.17, 15) is 29.2 Å². The molecule has 0 fully saturated rings. The molecule has 0 spiro atoms. The largest absolute Gasteiger partial charge is 0.394 e. The highest BCUT2D eigenvalue weighted by atomic mass is 31.2. The number of hydrogen-bond acceptors (Lipinski definition) is 10. The molecule has 14 heteroatoms. The first-order valence-electron chi connectivity index (χ1n) is 9.63. The molecular weight excluding hydrogens is 436 g/mol. The van der Waals surface area contributed by atoms with Gasteiger partial charge in [-0.15, -0.1) is 0 Å². The van der Waals surface area contributed by atoms with Crippen LogP contribution in [0.4, 0.5) is 10.2 Å². The predicted molar refractivity (Wildman–Crippen MR) is 107 cm³/mol. The zero-order valence-electron chi connectivity index (χ0n) is 17.3. The van der Waals surface area contributed by atoms with Crippen LogP contribution in [-0.4, -0.2) is 76.7 Å². The minimum Gasteiger partial charge on any atom is -0.394 e. The van der Waals surface area contributed by atoms with E-state index in [1.54, 1.807) is 0 Å². The van der Waals surface area contributed by atoms with Crippen LogP contribution in [0.25, 0.3) is 11.2 Å². The highest BCUT2D eigenvalue weighted by molar-refractivity contribution is 7.54. The fraction of sp³-hybridized carbons (Fsp3) is 0.706. The van der Waals surface area contributed by atoms with Gasteiger partial charge in [-0.2, -0.15) is 0 Å². The molecule has 31 heavy (non-hydrogen) atoms. The van der Waals surface area contributed by atoms with Crippen LogP contribution in [0.3, 0.4) is 0 Å². The lowest BCUT2D eigenvalue weighted by molar-refractivity contribution is -0.136. The van der Waals surface area contributed by atoms with Crippen molar-refractivity contribution in [2.45, 2.75) is 56.4 Å². The summed E-state index contributed by atoms with van der Waals surface area (Å²) in [6.07, 6.45) is -1.43. The van der Waals surface area contributed by atoms with Gasteiger partial charge in [0.15, 0.2) is 28.6 Å². The third-order valence-corrected chi connectivity index (χ3v) is 7.86. The molecule has 1 aliphatic rings. The van der Waals surface area contributed by atoms with Crippen LogP contribution in [0.1, 0.15) is 45.2 Å². The Morgan fingerprint density at radius 2 is 2.16 bits per heavy atom. The Hall–Kier alpha value is -1.73. The summed E-state index contributed by atoms with van der Waals surface area (Å²) in [5.41, 5.74) is 4.25.